The number of alkyl halides is 1. The Morgan fingerprint density at radius 3 is 2.87 bits per heavy atom. The summed E-state index contributed by atoms with van der Waals surface area (Å²) in [4.78, 5) is 6.82. The number of aromatic nitrogens is 1. The highest BCUT2D eigenvalue weighted by atomic mass is 79.9. The molecule has 1 atom stereocenters. The highest BCUT2D eigenvalue weighted by Crippen LogP contribution is 2.38. The number of anilines is 1. The first-order valence-electron chi connectivity index (χ1n) is 4.99. The van der Waals surface area contributed by atoms with Crippen molar-refractivity contribution in [3.63, 3.8) is 0 Å². The molecule has 0 radical (unpaired) electrons. The summed E-state index contributed by atoms with van der Waals surface area (Å²) in [6.45, 7) is 6.55. The second-order valence-corrected chi connectivity index (χ2v) is 6.18. The SMILES string of the molecule is CC1(C)CN(c2ccncc2Cl)CC1Br. The van der Waals surface area contributed by atoms with Crippen molar-refractivity contribution >= 4 is 33.2 Å². The van der Waals surface area contributed by atoms with Gasteiger partial charge in [-0.1, -0.05) is 41.4 Å². The molecule has 0 spiro atoms. The van der Waals surface area contributed by atoms with E-state index in [1.807, 2.05) is 6.07 Å². The highest BCUT2D eigenvalue weighted by Gasteiger charge is 2.38. The molecule has 1 saturated heterocycles. The van der Waals surface area contributed by atoms with Crippen molar-refractivity contribution in [2.45, 2.75) is 18.7 Å². The van der Waals surface area contributed by atoms with Crippen molar-refractivity contribution in [2.24, 2.45) is 5.41 Å². The van der Waals surface area contributed by atoms with Gasteiger partial charge in [0, 0.05) is 30.3 Å². The van der Waals surface area contributed by atoms with Crippen LogP contribution in [0, 0.1) is 5.41 Å². The summed E-state index contributed by atoms with van der Waals surface area (Å²) < 4.78 is 0. The average Bonchev–Trinajstić information content (AvgIpc) is 2.42. The number of nitrogens with zero attached hydrogens (tertiary/aromatic N) is 2. The molecule has 0 N–H and O–H groups in total. The number of halogens is 2. The maximum absolute atomic E-state index is 6.13. The third kappa shape index (κ3) is 2.13. The van der Waals surface area contributed by atoms with Gasteiger partial charge in [0.1, 0.15) is 0 Å². The molecule has 1 aliphatic heterocycles. The van der Waals surface area contributed by atoms with Gasteiger partial charge < -0.3 is 4.90 Å². The molecule has 1 aromatic heterocycles. The van der Waals surface area contributed by atoms with Crippen LogP contribution in [0.2, 0.25) is 5.02 Å². The molecule has 1 aliphatic rings. The Morgan fingerprint density at radius 1 is 1.60 bits per heavy atom. The van der Waals surface area contributed by atoms with Gasteiger partial charge in [-0.3, -0.25) is 4.98 Å². The van der Waals surface area contributed by atoms with Gasteiger partial charge in [-0.2, -0.15) is 0 Å². The van der Waals surface area contributed by atoms with Crippen molar-refractivity contribution < 1.29 is 0 Å². The zero-order chi connectivity index (χ0) is 11.1. The van der Waals surface area contributed by atoms with E-state index in [-0.39, 0.29) is 5.41 Å². The highest BCUT2D eigenvalue weighted by molar-refractivity contribution is 9.09. The van der Waals surface area contributed by atoms with Gasteiger partial charge in [0.05, 0.1) is 10.7 Å². The van der Waals surface area contributed by atoms with Crippen LogP contribution in [-0.2, 0) is 0 Å². The van der Waals surface area contributed by atoms with Crippen LogP contribution < -0.4 is 4.90 Å². The molecule has 4 heteroatoms. The summed E-state index contributed by atoms with van der Waals surface area (Å²) in [5, 5.41) is 0.731. The Kier molecular flexibility index (Phi) is 2.95. The molecule has 1 fully saturated rings. The van der Waals surface area contributed by atoms with Crippen molar-refractivity contribution in [3.8, 4) is 0 Å². The summed E-state index contributed by atoms with van der Waals surface area (Å²) in [6.07, 6.45) is 3.49. The number of hydrogen-bond donors (Lipinski definition) is 0. The lowest BCUT2D eigenvalue weighted by atomic mass is 9.93. The zero-order valence-corrected chi connectivity index (χ0v) is 11.2. The van der Waals surface area contributed by atoms with E-state index in [9.17, 15) is 0 Å². The van der Waals surface area contributed by atoms with Crippen LogP contribution >= 0.6 is 27.5 Å². The van der Waals surface area contributed by atoms with Gasteiger partial charge in [0.15, 0.2) is 0 Å². The monoisotopic (exact) mass is 288 g/mol. The maximum Gasteiger partial charge on any atom is 0.0822 e. The molecule has 1 aromatic rings. The Bertz CT molecular complexity index is 367. The second kappa shape index (κ2) is 3.95. The fourth-order valence-electron chi connectivity index (χ4n) is 1.90. The fourth-order valence-corrected chi connectivity index (χ4v) is 2.64. The van der Waals surface area contributed by atoms with Crippen molar-refractivity contribution in [3.05, 3.63) is 23.5 Å². The Labute approximate surface area is 104 Å². The minimum atomic E-state index is 0.284. The number of pyridine rings is 1. The zero-order valence-electron chi connectivity index (χ0n) is 8.87. The molecule has 0 amide bonds. The molecule has 2 rings (SSSR count). The summed E-state index contributed by atoms with van der Waals surface area (Å²) >= 11 is 9.85. The minimum Gasteiger partial charge on any atom is -0.369 e. The lowest BCUT2D eigenvalue weighted by Crippen LogP contribution is -2.23. The van der Waals surface area contributed by atoms with Crippen molar-refractivity contribution in [1.29, 1.82) is 0 Å². The van der Waals surface area contributed by atoms with E-state index >= 15 is 0 Å². The standard InChI is InChI=1S/C11H14BrClN2/c1-11(2)7-15(6-10(11)12)9-3-4-14-5-8(9)13/h3-5,10H,6-7H2,1-2H3. The van der Waals surface area contributed by atoms with Crippen LogP contribution in [0.4, 0.5) is 5.69 Å². The third-order valence-electron chi connectivity index (χ3n) is 2.92. The van der Waals surface area contributed by atoms with Crippen molar-refractivity contribution in [2.75, 3.05) is 18.0 Å². The molecule has 2 heterocycles. The van der Waals surface area contributed by atoms with Gasteiger partial charge in [-0.25, -0.2) is 0 Å². The minimum absolute atomic E-state index is 0.284. The fraction of sp³-hybridized carbons (Fsp3) is 0.545. The largest absolute Gasteiger partial charge is 0.369 e. The molecular weight excluding hydrogens is 275 g/mol. The molecular formula is C11H14BrClN2. The summed E-state index contributed by atoms with van der Waals surface area (Å²) in [5.41, 5.74) is 1.37. The van der Waals surface area contributed by atoms with E-state index < -0.39 is 0 Å². The molecule has 0 saturated carbocycles. The lowest BCUT2D eigenvalue weighted by Gasteiger charge is -2.22. The lowest BCUT2D eigenvalue weighted by molar-refractivity contribution is 0.434. The van der Waals surface area contributed by atoms with E-state index in [1.54, 1.807) is 12.4 Å². The van der Waals surface area contributed by atoms with E-state index in [1.165, 1.54) is 0 Å². The molecule has 0 aliphatic carbocycles. The Hall–Kier alpha value is -0.280. The van der Waals surface area contributed by atoms with Crippen LogP contribution in [0.3, 0.4) is 0 Å². The predicted molar refractivity (Wildman–Crippen MR) is 68.0 cm³/mol. The van der Waals surface area contributed by atoms with Crippen LogP contribution in [0.1, 0.15) is 13.8 Å². The van der Waals surface area contributed by atoms with Crippen LogP contribution in [0.15, 0.2) is 18.5 Å². The second-order valence-electron chi connectivity index (χ2n) is 4.66. The van der Waals surface area contributed by atoms with Gasteiger partial charge in [0.2, 0.25) is 0 Å². The molecule has 82 valence electrons. The number of hydrogen-bond acceptors (Lipinski definition) is 2. The Morgan fingerprint density at radius 2 is 2.33 bits per heavy atom. The van der Waals surface area contributed by atoms with Crippen LogP contribution in [0.5, 0.6) is 0 Å². The third-order valence-corrected chi connectivity index (χ3v) is 4.74. The van der Waals surface area contributed by atoms with Crippen molar-refractivity contribution in [1.82, 2.24) is 4.98 Å². The predicted octanol–water partition coefficient (Wildman–Crippen LogP) is 3.34. The van der Waals surface area contributed by atoms with E-state index in [4.69, 9.17) is 11.6 Å². The van der Waals surface area contributed by atoms with Gasteiger partial charge in [-0.15, -0.1) is 0 Å². The summed E-state index contributed by atoms with van der Waals surface area (Å²) in [5.74, 6) is 0. The van der Waals surface area contributed by atoms with Crippen LogP contribution in [-0.4, -0.2) is 22.9 Å². The first-order valence-corrected chi connectivity index (χ1v) is 6.28. The van der Waals surface area contributed by atoms with E-state index in [0.717, 1.165) is 23.8 Å². The normalized spacial score (nSPS) is 24.5. The van der Waals surface area contributed by atoms with Gasteiger partial charge >= 0.3 is 0 Å². The molecule has 0 bridgehead atoms. The molecule has 2 nitrogen and oxygen atoms in total. The average molecular weight is 290 g/mol. The van der Waals surface area contributed by atoms with E-state index in [0.29, 0.717) is 4.83 Å². The topological polar surface area (TPSA) is 16.1 Å². The van der Waals surface area contributed by atoms with Crippen LogP contribution in [0.25, 0.3) is 0 Å². The molecule has 0 aromatic carbocycles. The first kappa shape index (κ1) is 11.2. The quantitative estimate of drug-likeness (QED) is 0.737. The van der Waals surface area contributed by atoms with Gasteiger partial charge in [-0.05, 0) is 11.5 Å². The maximum atomic E-state index is 6.13. The summed E-state index contributed by atoms with van der Waals surface area (Å²) in [7, 11) is 0. The van der Waals surface area contributed by atoms with Gasteiger partial charge in [0.25, 0.3) is 0 Å². The first-order chi connectivity index (χ1) is 7.00. The Balaban J connectivity index is 2.25. The van der Waals surface area contributed by atoms with E-state index in [2.05, 4.69) is 39.7 Å². The smallest absolute Gasteiger partial charge is 0.0822 e. The molecule has 15 heavy (non-hydrogen) atoms. The summed E-state index contributed by atoms with van der Waals surface area (Å²) in [6, 6.07) is 1.98. The molecule has 1 unspecified atom stereocenters. The number of rotatable bonds is 1.